The molecule has 2 N–H and O–H groups in total. The number of carbonyl (C=O) groups excluding carboxylic acids is 1. The van der Waals surface area contributed by atoms with E-state index in [0.29, 0.717) is 0 Å². The fourth-order valence-corrected chi connectivity index (χ4v) is 0.475. The number of hydrogen-bond acceptors (Lipinski definition) is 3. The van der Waals surface area contributed by atoms with Crippen LogP contribution in [-0.2, 0) is 9.53 Å². The van der Waals surface area contributed by atoms with Gasteiger partial charge in [-0.3, -0.25) is 4.79 Å². The third kappa shape index (κ3) is 3.34. The molecule has 0 bridgehead atoms. The predicted octanol–water partition coefficient (Wildman–Crippen LogP) is -0.480. The van der Waals surface area contributed by atoms with Crippen LogP contribution >= 0.6 is 0 Å². The molecule has 0 radical (unpaired) electrons. The zero-order chi connectivity index (χ0) is 8.91. The maximum Gasteiger partial charge on any atom is 0.251 e. The van der Waals surface area contributed by atoms with Gasteiger partial charge >= 0.3 is 0 Å². The van der Waals surface area contributed by atoms with Gasteiger partial charge in [-0.15, -0.1) is 0 Å². The van der Waals surface area contributed by atoms with Gasteiger partial charge in [0.05, 0.1) is 6.61 Å². The molecule has 0 aliphatic carbocycles. The van der Waals surface area contributed by atoms with Gasteiger partial charge in [-0.25, -0.2) is 0 Å². The molecule has 0 atom stereocenters. The van der Waals surface area contributed by atoms with Crippen molar-refractivity contribution in [1.29, 1.82) is 0 Å². The third-order valence-corrected chi connectivity index (χ3v) is 1.45. The fourth-order valence-electron chi connectivity index (χ4n) is 0.475. The molecule has 1 amide bonds. The number of hydrogen-bond donors (Lipinski definition) is 2. The summed E-state index contributed by atoms with van der Waals surface area (Å²) in [5, 5.41) is 10.9. The first-order chi connectivity index (χ1) is 5.04. The first kappa shape index (κ1) is 10.4. The van der Waals surface area contributed by atoms with Crippen LogP contribution in [0.2, 0.25) is 0 Å². The zero-order valence-electron chi connectivity index (χ0n) is 7.18. The maximum absolute atomic E-state index is 11.1. The number of methoxy groups -OCH3 is 1. The van der Waals surface area contributed by atoms with E-state index in [2.05, 4.69) is 5.32 Å². The van der Waals surface area contributed by atoms with Crippen molar-refractivity contribution in [3.05, 3.63) is 0 Å². The van der Waals surface area contributed by atoms with E-state index < -0.39 is 5.60 Å². The molecule has 0 aliphatic rings. The molecule has 0 saturated carbocycles. The molecule has 66 valence electrons. The lowest BCUT2D eigenvalue weighted by Crippen LogP contribution is -2.44. The van der Waals surface area contributed by atoms with Crippen molar-refractivity contribution < 1.29 is 14.6 Å². The molecular formula is C7H15NO3. The SMILES string of the molecule is COC(C)(C)C(=O)NCCO. The zero-order valence-corrected chi connectivity index (χ0v) is 7.18. The standard InChI is InChI=1S/C7H15NO3/c1-7(2,11-3)6(10)8-4-5-9/h9H,4-5H2,1-3H3,(H,8,10). The normalized spacial score (nSPS) is 11.3. The first-order valence-corrected chi connectivity index (χ1v) is 3.49. The summed E-state index contributed by atoms with van der Waals surface area (Å²) in [5.41, 5.74) is -0.810. The Morgan fingerprint density at radius 2 is 2.18 bits per heavy atom. The van der Waals surface area contributed by atoms with Crippen molar-refractivity contribution in [2.24, 2.45) is 0 Å². The second kappa shape index (κ2) is 4.31. The van der Waals surface area contributed by atoms with Crippen LogP contribution in [0.25, 0.3) is 0 Å². The summed E-state index contributed by atoms with van der Waals surface area (Å²) in [7, 11) is 1.47. The summed E-state index contributed by atoms with van der Waals surface area (Å²) in [6.45, 7) is 3.55. The molecule has 0 heterocycles. The van der Waals surface area contributed by atoms with Crippen LogP contribution in [0.15, 0.2) is 0 Å². The van der Waals surface area contributed by atoms with Crippen LogP contribution in [0.1, 0.15) is 13.8 Å². The predicted molar refractivity (Wildman–Crippen MR) is 41.2 cm³/mol. The van der Waals surface area contributed by atoms with Gasteiger partial charge in [0.2, 0.25) is 0 Å². The quantitative estimate of drug-likeness (QED) is 0.585. The topological polar surface area (TPSA) is 58.6 Å². The van der Waals surface area contributed by atoms with Gasteiger partial charge in [0.15, 0.2) is 0 Å². The lowest BCUT2D eigenvalue weighted by Gasteiger charge is -2.21. The molecular weight excluding hydrogens is 146 g/mol. The summed E-state index contributed by atoms with van der Waals surface area (Å²) < 4.78 is 4.90. The van der Waals surface area contributed by atoms with E-state index >= 15 is 0 Å². The van der Waals surface area contributed by atoms with E-state index in [4.69, 9.17) is 9.84 Å². The molecule has 11 heavy (non-hydrogen) atoms. The number of ether oxygens (including phenoxy) is 1. The Hall–Kier alpha value is -0.610. The van der Waals surface area contributed by atoms with E-state index in [1.165, 1.54) is 7.11 Å². The second-order valence-corrected chi connectivity index (χ2v) is 2.69. The second-order valence-electron chi connectivity index (χ2n) is 2.69. The molecule has 0 fully saturated rings. The van der Waals surface area contributed by atoms with E-state index in [1.807, 2.05) is 0 Å². The number of aliphatic hydroxyl groups is 1. The van der Waals surface area contributed by atoms with E-state index in [-0.39, 0.29) is 19.1 Å². The van der Waals surface area contributed by atoms with Crippen molar-refractivity contribution in [2.75, 3.05) is 20.3 Å². The summed E-state index contributed by atoms with van der Waals surface area (Å²) >= 11 is 0. The molecule has 0 unspecified atom stereocenters. The number of rotatable bonds is 4. The van der Waals surface area contributed by atoms with Crippen LogP contribution in [-0.4, -0.2) is 36.9 Å². The van der Waals surface area contributed by atoms with Crippen molar-refractivity contribution in [3.63, 3.8) is 0 Å². The van der Waals surface area contributed by atoms with Gasteiger partial charge in [0.25, 0.3) is 5.91 Å². The molecule has 0 spiro atoms. The number of aliphatic hydroxyl groups excluding tert-OH is 1. The number of carbonyl (C=O) groups is 1. The highest BCUT2D eigenvalue weighted by molar-refractivity contribution is 5.84. The Morgan fingerprint density at radius 3 is 2.55 bits per heavy atom. The van der Waals surface area contributed by atoms with Gasteiger partial charge < -0.3 is 15.2 Å². The summed E-state index contributed by atoms with van der Waals surface area (Å²) in [4.78, 5) is 11.1. The molecule has 0 aromatic carbocycles. The Morgan fingerprint density at radius 1 is 1.64 bits per heavy atom. The summed E-state index contributed by atoms with van der Waals surface area (Å²) in [5.74, 6) is -0.214. The van der Waals surface area contributed by atoms with Crippen molar-refractivity contribution in [2.45, 2.75) is 19.4 Å². The smallest absolute Gasteiger partial charge is 0.251 e. The third-order valence-electron chi connectivity index (χ3n) is 1.45. The number of amides is 1. The first-order valence-electron chi connectivity index (χ1n) is 3.49. The van der Waals surface area contributed by atoms with Gasteiger partial charge in [0.1, 0.15) is 5.60 Å². The summed E-state index contributed by atoms with van der Waals surface area (Å²) in [6.07, 6.45) is 0. The molecule has 0 aromatic heterocycles. The average molecular weight is 161 g/mol. The van der Waals surface area contributed by atoms with Crippen LogP contribution in [0.3, 0.4) is 0 Å². The molecule has 0 aromatic rings. The highest BCUT2D eigenvalue weighted by atomic mass is 16.5. The molecule has 0 rings (SSSR count). The average Bonchev–Trinajstić information content (AvgIpc) is 2.00. The van der Waals surface area contributed by atoms with Gasteiger partial charge in [-0.1, -0.05) is 0 Å². The van der Waals surface area contributed by atoms with E-state index in [9.17, 15) is 4.79 Å². The largest absolute Gasteiger partial charge is 0.395 e. The fraction of sp³-hybridized carbons (Fsp3) is 0.857. The minimum atomic E-state index is -0.810. The maximum atomic E-state index is 11.1. The van der Waals surface area contributed by atoms with Crippen LogP contribution in [0.5, 0.6) is 0 Å². The summed E-state index contributed by atoms with van der Waals surface area (Å²) in [6, 6.07) is 0. The Kier molecular flexibility index (Phi) is 4.07. The van der Waals surface area contributed by atoms with Crippen molar-refractivity contribution in [1.82, 2.24) is 5.32 Å². The number of nitrogens with one attached hydrogen (secondary N) is 1. The van der Waals surface area contributed by atoms with Gasteiger partial charge in [-0.2, -0.15) is 0 Å². The van der Waals surface area contributed by atoms with Crippen molar-refractivity contribution >= 4 is 5.91 Å². The Labute approximate surface area is 66.5 Å². The highest BCUT2D eigenvalue weighted by Crippen LogP contribution is 2.05. The van der Waals surface area contributed by atoms with E-state index in [0.717, 1.165) is 0 Å². The Balaban J connectivity index is 3.82. The molecule has 4 nitrogen and oxygen atoms in total. The highest BCUT2D eigenvalue weighted by Gasteiger charge is 2.25. The van der Waals surface area contributed by atoms with Crippen LogP contribution in [0, 0.1) is 0 Å². The van der Waals surface area contributed by atoms with E-state index in [1.54, 1.807) is 13.8 Å². The monoisotopic (exact) mass is 161 g/mol. The molecule has 0 aliphatic heterocycles. The lowest BCUT2D eigenvalue weighted by molar-refractivity contribution is -0.139. The van der Waals surface area contributed by atoms with Crippen LogP contribution < -0.4 is 5.32 Å². The van der Waals surface area contributed by atoms with Crippen molar-refractivity contribution in [3.8, 4) is 0 Å². The minimum Gasteiger partial charge on any atom is -0.395 e. The molecule has 4 heteroatoms. The van der Waals surface area contributed by atoms with Gasteiger partial charge in [-0.05, 0) is 13.8 Å². The Bertz CT molecular complexity index is 134. The molecule has 0 saturated heterocycles. The van der Waals surface area contributed by atoms with Gasteiger partial charge in [0, 0.05) is 13.7 Å². The minimum absolute atomic E-state index is 0.0501. The van der Waals surface area contributed by atoms with Crippen LogP contribution in [0.4, 0.5) is 0 Å². The lowest BCUT2D eigenvalue weighted by atomic mass is 10.1.